The van der Waals surface area contributed by atoms with Gasteiger partial charge in [-0.1, -0.05) is 6.07 Å². The smallest absolute Gasteiger partial charge is 0.338 e. The maximum atomic E-state index is 11.3. The van der Waals surface area contributed by atoms with Crippen molar-refractivity contribution < 1.29 is 24.2 Å². The number of carbonyl (C=O) groups excluding carboxylic acids is 2. The molecule has 0 saturated heterocycles. The number of hydrogen-bond acceptors (Lipinski definition) is 4. The summed E-state index contributed by atoms with van der Waals surface area (Å²) in [6.07, 6.45) is 0. The number of esters is 1. The number of rotatable bonds is 3. The number of benzene rings is 1. The van der Waals surface area contributed by atoms with Crippen molar-refractivity contribution in [2.75, 3.05) is 7.11 Å². The fourth-order valence-electron chi connectivity index (χ4n) is 1.27. The molecular weight excluding hydrogens is 214 g/mol. The van der Waals surface area contributed by atoms with Crippen LogP contribution in [0.5, 0.6) is 0 Å². The summed E-state index contributed by atoms with van der Waals surface area (Å²) in [5.41, 5.74) is 4.14. The molecule has 6 nitrogen and oxygen atoms in total. The fourth-order valence-corrected chi connectivity index (χ4v) is 1.27. The number of amides is 1. The molecule has 0 spiro atoms. The zero-order chi connectivity index (χ0) is 12.3. The molecule has 1 rings (SSSR count). The van der Waals surface area contributed by atoms with Crippen molar-refractivity contribution in [3.05, 3.63) is 34.9 Å². The average Bonchev–Trinajstić information content (AvgIpc) is 2.26. The molecule has 1 aromatic carbocycles. The van der Waals surface area contributed by atoms with Gasteiger partial charge in [0.1, 0.15) is 0 Å². The van der Waals surface area contributed by atoms with E-state index in [-0.39, 0.29) is 11.1 Å². The highest BCUT2D eigenvalue weighted by atomic mass is 16.5. The van der Waals surface area contributed by atoms with Gasteiger partial charge in [0.25, 0.3) is 0 Å². The highest BCUT2D eigenvalue weighted by Gasteiger charge is 2.22. The number of carboxylic acids is 1. The predicted molar refractivity (Wildman–Crippen MR) is 53.3 cm³/mol. The highest BCUT2D eigenvalue weighted by Crippen LogP contribution is 2.15. The van der Waals surface area contributed by atoms with Crippen LogP contribution in [-0.2, 0) is 4.74 Å². The zero-order valence-electron chi connectivity index (χ0n) is 8.39. The van der Waals surface area contributed by atoms with Gasteiger partial charge >= 0.3 is 11.9 Å². The van der Waals surface area contributed by atoms with Crippen LogP contribution in [-0.4, -0.2) is 30.1 Å². The molecule has 0 saturated carbocycles. The number of ether oxygens (including phenoxy) is 1. The molecule has 3 N–H and O–H groups in total. The van der Waals surface area contributed by atoms with Crippen molar-refractivity contribution in [2.24, 2.45) is 5.73 Å². The molecule has 0 heterocycles. The molecule has 1 aromatic rings. The lowest BCUT2D eigenvalue weighted by molar-refractivity contribution is 0.0582. The lowest BCUT2D eigenvalue weighted by Gasteiger charge is -2.07. The quantitative estimate of drug-likeness (QED) is 0.715. The van der Waals surface area contributed by atoms with Crippen LogP contribution in [0.1, 0.15) is 31.1 Å². The van der Waals surface area contributed by atoms with Gasteiger partial charge < -0.3 is 15.6 Å². The lowest BCUT2D eigenvalue weighted by Crippen LogP contribution is -2.20. The van der Waals surface area contributed by atoms with Gasteiger partial charge in [0.05, 0.1) is 23.8 Å². The molecule has 6 heteroatoms. The number of nitrogens with two attached hydrogens (primary N) is 1. The van der Waals surface area contributed by atoms with Crippen LogP contribution < -0.4 is 5.73 Å². The standard InChI is InChI=1S/C10H9NO5/c1-16-10(15)6-4-2-3-5(8(11)12)7(6)9(13)14/h2-4H,1H3,(H2,11,12)(H,13,14). The summed E-state index contributed by atoms with van der Waals surface area (Å²) in [7, 11) is 1.12. The molecule has 0 unspecified atom stereocenters. The molecule has 0 atom stereocenters. The summed E-state index contributed by atoms with van der Waals surface area (Å²) >= 11 is 0. The van der Waals surface area contributed by atoms with E-state index in [1.165, 1.54) is 18.2 Å². The van der Waals surface area contributed by atoms with Crippen LogP contribution >= 0.6 is 0 Å². The maximum Gasteiger partial charge on any atom is 0.338 e. The Morgan fingerprint density at radius 2 is 1.81 bits per heavy atom. The highest BCUT2D eigenvalue weighted by molar-refractivity contribution is 6.10. The minimum Gasteiger partial charge on any atom is -0.478 e. The molecule has 0 aliphatic heterocycles. The summed E-state index contributed by atoms with van der Waals surface area (Å²) < 4.78 is 4.41. The Kier molecular flexibility index (Phi) is 3.24. The summed E-state index contributed by atoms with van der Waals surface area (Å²) in [6, 6.07) is 3.85. The normalized spacial score (nSPS) is 9.56. The van der Waals surface area contributed by atoms with Crippen molar-refractivity contribution in [1.29, 1.82) is 0 Å². The van der Waals surface area contributed by atoms with Crippen molar-refractivity contribution in [3.8, 4) is 0 Å². The van der Waals surface area contributed by atoms with Crippen LogP contribution in [0.25, 0.3) is 0 Å². The Hall–Kier alpha value is -2.37. The first kappa shape index (κ1) is 11.7. The molecule has 0 radical (unpaired) electrons. The number of primary amides is 1. The van der Waals surface area contributed by atoms with Gasteiger partial charge in [-0.05, 0) is 12.1 Å². The zero-order valence-corrected chi connectivity index (χ0v) is 8.39. The summed E-state index contributed by atoms with van der Waals surface area (Å²) in [4.78, 5) is 33.2. The Labute approximate surface area is 90.6 Å². The maximum absolute atomic E-state index is 11.3. The third-order valence-corrected chi connectivity index (χ3v) is 1.95. The second kappa shape index (κ2) is 4.43. The largest absolute Gasteiger partial charge is 0.478 e. The van der Waals surface area contributed by atoms with Gasteiger partial charge in [0.2, 0.25) is 5.91 Å². The minimum atomic E-state index is -1.41. The summed E-state index contributed by atoms with van der Waals surface area (Å²) in [6.45, 7) is 0. The molecule has 0 aliphatic carbocycles. The molecule has 0 bridgehead atoms. The first-order valence-electron chi connectivity index (χ1n) is 4.23. The van der Waals surface area contributed by atoms with Gasteiger partial charge in [-0.2, -0.15) is 0 Å². The molecule has 1 amide bonds. The van der Waals surface area contributed by atoms with Gasteiger partial charge in [0.15, 0.2) is 0 Å². The van der Waals surface area contributed by atoms with E-state index in [2.05, 4.69) is 4.74 Å². The second-order valence-electron chi connectivity index (χ2n) is 2.89. The van der Waals surface area contributed by atoms with Crippen LogP contribution in [0.4, 0.5) is 0 Å². The number of carbonyl (C=O) groups is 3. The molecule has 0 fully saturated rings. The van der Waals surface area contributed by atoms with Gasteiger partial charge in [0, 0.05) is 0 Å². The van der Waals surface area contributed by atoms with Crippen LogP contribution in [0.15, 0.2) is 18.2 Å². The first-order valence-corrected chi connectivity index (χ1v) is 4.23. The number of aromatic carboxylic acids is 1. The minimum absolute atomic E-state index is 0.202. The Balaban J connectivity index is 3.51. The van der Waals surface area contributed by atoms with Crippen LogP contribution in [0.2, 0.25) is 0 Å². The van der Waals surface area contributed by atoms with E-state index in [0.29, 0.717) is 0 Å². The van der Waals surface area contributed by atoms with Crippen LogP contribution in [0, 0.1) is 0 Å². The van der Waals surface area contributed by atoms with E-state index in [1.807, 2.05) is 0 Å². The Bertz CT molecular complexity index is 466. The lowest BCUT2D eigenvalue weighted by atomic mass is 10.0. The first-order chi connectivity index (χ1) is 7.49. The van der Waals surface area contributed by atoms with Crippen molar-refractivity contribution in [3.63, 3.8) is 0 Å². The molecular formula is C10H9NO5. The topological polar surface area (TPSA) is 107 Å². The van der Waals surface area contributed by atoms with Gasteiger partial charge in [-0.25, -0.2) is 9.59 Å². The second-order valence-corrected chi connectivity index (χ2v) is 2.89. The fraction of sp³-hybridized carbons (Fsp3) is 0.100. The van der Waals surface area contributed by atoms with Crippen molar-refractivity contribution in [2.45, 2.75) is 0 Å². The third kappa shape index (κ3) is 2.00. The van der Waals surface area contributed by atoms with Gasteiger partial charge in [-0.3, -0.25) is 4.79 Å². The number of methoxy groups -OCH3 is 1. The molecule has 0 aliphatic rings. The number of hydrogen-bond donors (Lipinski definition) is 2. The van der Waals surface area contributed by atoms with Crippen molar-refractivity contribution >= 4 is 17.8 Å². The molecule has 16 heavy (non-hydrogen) atoms. The Morgan fingerprint density at radius 1 is 1.25 bits per heavy atom. The predicted octanol–water partition coefficient (Wildman–Crippen LogP) is 0.270. The van der Waals surface area contributed by atoms with Crippen molar-refractivity contribution in [1.82, 2.24) is 0 Å². The van der Waals surface area contributed by atoms with Gasteiger partial charge in [-0.15, -0.1) is 0 Å². The van der Waals surface area contributed by atoms with E-state index in [0.717, 1.165) is 7.11 Å². The molecule has 84 valence electrons. The monoisotopic (exact) mass is 223 g/mol. The van der Waals surface area contributed by atoms with E-state index < -0.39 is 23.4 Å². The number of carboxylic acid groups (broad SMARTS) is 1. The van der Waals surface area contributed by atoms with Crippen LogP contribution in [0.3, 0.4) is 0 Å². The Morgan fingerprint density at radius 3 is 2.25 bits per heavy atom. The SMILES string of the molecule is COC(=O)c1cccc(C(N)=O)c1C(=O)O. The average molecular weight is 223 g/mol. The van der Waals surface area contributed by atoms with E-state index >= 15 is 0 Å². The van der Waals surface area contributed by atoms with E-state index in [4.69, 9.17) is 10.8 Å². The van der Waals surface area contributed by atoms with E-state index in [1.54, 1.807) is 0 Å². The van der Waals surface area contributed by atoms with E-state index in [9.17, 15) is 14.4 Å². The molecule has 0 aromatic heterocycles. The third-order valence-electron chi connectivity index (χ3n) is 1.95. The summed E-state index contributed by atoms with van der Waals surface area (Å²) in [5.74, 6) is -3.15. The summed E-state index contributed by atoms with van der Waals surface area (Å²) in [5, 5.41) is 8.92.